The average Bonchev–Trinajstić information content (AvgIpc) is 3.70. The smallest absolute Gasteiger partial charge is 0.183 e. The molecule has 0 saturated heterocycles. The van der Waals surface area contributed by atoms with Crippen molar-refractivity contribution in [2.45, 2.75) is 0 Å². The van der Waals surface area contributed by atoms with Gasteiger partial charge in [-0.05, 0) is 117 Å². The molecule has 11 aromatic rings. The molecule has 64 heavy (non-hydrogen) atoms. The summed E-state index contributed by atoms with van der Waals surface area (Å²) in [5, 5.41) is 10.7. The Morgan fingerprint density at radius 3 is 1.50 bits per heavy atom. The fourth-order valence-electron chi connectivity index (χ4n) is 10.6. The van der Waals surface area contributed by atoms with E-state index in [9.17, 15) is 0 Å². The third-order valence-corrected chi connectivity index (χ3v) is 18.2. The normalized spacial score (nSPS) is 12.5. The summed E-state index contributed by atoms with van der Waals surface area (Å²) < 4.78 is 0. The zero-order valence-electron chi connectivity index (χ0n) is 35.3. The summed E-state index contributed by atoms with van der Waals surface area (Å²) in [5.74, 6) is 0. The Bertz CT molecular complexity index is 3430. The lowest BCUT2D eigenvalue weighted by Crippen LogP contribution is -2.73. The molecule has 1 heterocycles. The average molecular weight is 830 g/mol. The van der Waals surface area contributed by atoms with Gasteiger partial charge in [-0.25, -0.2) is 0 Å². The van der Waals surface area contributed by atoms with Crippen LogP contribution in [-0.4, -0.2) is 8.07 Å². The van der Waals surface area contributed by atoms with Gasteiger partial charge in [-0.2, -0.15) is 0 Å². The molecule has 0 unspecified atom stereocenters. The van der Waals surface area contributed by atoms with Crippen molar-refractivity contribution < 1.29 is 0 Å². The van der Waals surface area contributed by atoms with E-state index in [1.165, 1.54) is 92.5 Å². The highest BCUT2D eigenvalue weighted by Crippen LogP contribution is 2.44. The molecule has 1 aliphatic heterocycles. The van der Waals surface area contributed by atoms with E-state index in [0.717, 1.165) is 11.4 Å². The largest absolute Gasteiger partial charge is 0.311 e. The molecule has 300 valence electrons. The molecule has 0 saturated carbocycles. The second-order valence-corrected chi connectivity index (χ2v) is 20.5. The Hall–Kier alpha value is -8.04. The zero-order valence-corrected chi connectivity index (χ0v) is 36.3. The molecule has 0 fully saturated rings. The van der Waals surface area contributed by atoms with Crippen molar-refractivity contribution in [3.05, 3.63) is 261 Å². The third kappa shape index (κ3) is 6.06. The number of fused-ring (bicyclic) bond motifs is 6. The van der Waals surface area contributed by atoms with E-state index in [4.69, 9.17) is 0 Å². The molecule has 0 radical (unpaired) electrons. The molecule has 0 atom stereocenters. The summed E-state index contributed by atoms with van der Waals surface area (Å²) in [6, 6.07) is 96.8. The van der Waals surface area contributed by atoms with Crippen LogP contribution in [-0.2, 0) is 0 Å². The van der Waals surface area contributed by atoms with E-state index in [1.807, 2.05) is 0 Å². The molecule has 0 bridgehead atoms. The first-order valence-electron chi connectivity index (χ1n) is 22.2. The number of benzene rings is 11. The topological polar surface area (TPSA) is 3.24 Å². The third-order valence-electron chi connectivity index (χ3n) is 13.3. The second-order valence-electron chi connectivity index (χ2n) is 16.8. The highest BCUT2D eigenvalue weighted by Gasteiger charge is 2.51. The molecule has 12 rings (SSSR count). The van der Waals surface area contributed by atoms with Crippen molar-refractivity contribution in [1.29, 1.82) is 0 Å². The summed E-state index contributed by atoms with van der Waals surface area (Å²) in [5.41, 5.74) is 13.3. The first-order chi connectivity index (χ1) is 31.8. The van der Waals surface area contributed by atoms with Crippen molar-refractivity contribution >= 4 is 67.4 Å². The Morgan fingerprint density at radius 1 is 0.312 bits per heavy atom. The minimum Gasteiger partial charge on any atom is -0.311 e. The monoisotopic (exact) mass is 829 g/mol. The minimum atomic E-state index is -2.97. The summed E-state index contributed by atoms with van der Waals surface area (Å²) in [4.78, 5) is 2.54. The van der Waals surface area contributed by atoms with Gasteiger partial charge in [-0.1, -0.05) is 231 Å². The van der Waals surface area contributed by atoms with Crippen LogP contribution in [0.4, 0.5) is 17.1 Å². The van der Waals surface area contributed by atoms with E-state index in [0.29, 0.717) is 0 Å². The SMILES string of the molecule is c1ccc(-c2cccc(N(c3ccc(-c4cccc5cccc(-c6ccccc6)c45)cc3)c3cccc4c3[Si](c3ccccc3)(c3ccccc3)c3ccc5ccccc5c3-4)c2)cc1. The standard InChI is InChI=1S/C62H43NSi/c1-5-19-44(20-6-1)49-26-15-27-51(43-49)63(50-40-37-47(38-41-50)55-34-17-25-48-24-16-33-54(60(48)55)45-21-7-2-8-22-45)58-36-18-35-57-61-56-32-14-13-23-46(56)39-42-59(61)64(62(57)58,52-28-9-3-10-29-52)53-30-11-4-12-31-53/h1-43H. The minimum absolute atomic E-state index is 1.11. The molecular formula is C62H43NSi. The maximum absolute atomic E-state index is 2.97. The van der Waals surface area contributed by atoms with Gasteiger partial charge in [0.2, 0.25) is 0 Å². The molecule has 1 nitrogen and oxygen atoms in total. The fraction of sp³-hybridized carbons (Fsp3) is 0. The van der Waals surface area contributed by atoms with Gasteiger partial charge in [0.1, 0.15) is 0 Å². The lowest BCUT2D eigenvalue weighted by molar-refractivity contribution is 1.29. The lowest BCUT2D eigenvalue weighted by atomic mass is 9.91. The highest BCUT2D eigenvalue weighted by molar-refractivity contribution is 7.23. The first-order valence-corrected chi connectivity index (χ1v) is 24.2. The maximum atomic E-state index is 2.54. The molecule has 1 aliphatic rings. The van der Waals surface area contributed by atoms with E-state index in [1.54, 1.807) is 0 Å². The lowest BCUT2D eigenvalue weighted by Gasteiger charge is -2.36. The van der Waals surface area contributed by atoms with Crippen molar-refractivity contribution in [3.63, 3.8) is 0 Å². The molecule has 0 aliphatic carbocycles. The van der Waals surface area contributed by atoms with E-state index in [2.05, 4.69) is 266 Å². The van der Waals surface area contributed by atoms with E-state index >= 15 is 0 Å². The predicted molar refractivity (Wildman–Crippen MR) is 275 cm³/mol. The van der Waals surface area contributed by atoms with Crippen molar-refractivity contribution in [2.24, 2.45) is 0 Å². The van der Waals surface area contributed by atoms with Crippen molar-refractivity contribution in [2.75, 3.05) is 4.90 Å². The number of rotatable bonds is 8. The number of hydrogen-bond acceptors (Lipinski definition) is 1. The van der Waals surface area contributed by atoms with Gasteiger partial charge in [-0.15, -0.1) is 0 Å². The fourth-order valence-corrected chi connectivity index (χ4v) is 15.9. The molecule has 0 aromatic heterocycles. The van der Waals surface area contributed by atoms with Crippen molar-refractivity contribution in [1.82, 2.24) is 0 Å². The van der Waals surface area contributed by atoms with Crippen LogP contribution < -0.4 is 25.6 Å². The van der Waals surface area contributed by atoms with Crippen LogP contribution in [0.5, 0.6) is 0 Å². The summed E-state index contributed by atoms with van der Waals surface area (Å²) in [7, 11) is -2.97. The Labute approximate surface area is 375 Å². The van der Waals surface area contributed by atoms with Gasteiger partial charge in [0.05, 0.1) is 0 Å². The van der Waals surface area contributed by atoms with Crippen LogP contribution in [0.15, 0.2) is 261 Å². The number of nitrogens with zero attached hydrogens (tertiary/aromatic N) is 1. The van der Waals surface area contributed by atoms with Crippen LogP contribution in [0.1, 0.15) is 0 Å². The quantitative estimate of drug-likeness (QED) is 0.138. The number of anilines is 3. The molecule has 2 heteroatoms. The van der Waals surface area contributed by atoms with Gasteiger partial charge < -0.3 is 4.90 Å². The Balaban J connectivity index is 1.13. The highest BCUT2D eigenvalue weighted by atomic mass is 28.3. The van der Waals surface area contributed by atoms with E-state index in [-0.39, 0.29) is 0 Å². The van der Waals surface area contributed by atoms with Crippen molar-refractivity contribution in [3.8, 4) is 44.5 Å². The van der Waals surface area contributed by atoms with Crippen LogP contribution in [0, 0.1) is 0 Å². The Kier molecular flexibility index (Phi) is 9.25. The van der Waals surface area contributed by atoms with Crippen LogP contribution in [0.2, 0.25) is 0 Å². The zero-order chi connectivity index (χ0) is 42.5. The second kappa shape index (κ2) is 15.7. The maximum Gasteiger partial charge on any atom is 0.183 e. The predicted octanol–water partition coefficient (Wildman–Crippen LogP) is 13.8. The summed E-state index contributed by atoms with van der Waals surface area (Å²) in [6.07, 6.45) is 0. The summed E-state index contributed by atoms with van der Waals surface area (Å²) in [6.45, 7) is 0. The molecule has 0 spiro atoms. The molecule has 11 aromatic carbocycles. The van der Waals surface area contributed by atoms with Crippen LogP contribution >= 0.6 is 0 Å². The molecular weight excluding hydrogens is 787 g/mol. The molecule has 0 amide bonds. The van der Waals surface area contributed by atoms with Gasteiger partial charge in [-0.3, -0.25) is 0 Å². The van der Waals surface area contributed by atoms with Gasteiger partial charge in [0.15, 0.2) is 8.07 Å². The van der Waals surface area contributed by atoms with Gasteiger partial charge >= 0.3 is 0 Å². The molecule has 0 N–H and O–H groups in total. The van der Waals surface area contributed by atoms with Crippen LogP contribution in [0.3, 0.4) is 0 Å². The van der Waals surface area contributed by atoms with Gasteiger partial charge in [0, 0.05) is 17.1 Å². The Morgan fingerprint density at radius 2 is 0.828 bits per heavy atom. The van der Waals surface area contributed by atoms with Gasteiger partial charge in [0.25, 0.3) is 0 Å². The van der Waals surface area contributed by atoms with E-state index < -0.39 is 8.07 Å². The first kappa shape index (κ1) is 37.7. The summed E-state index contributed by atoms with van der Waals surface area (Å²) >= 11 is 0. The number of hydrogen-bond donors (Lipinski definition) is 0. The van der Waals surface area contributed by atoms with Crippen LogP contribution in [0.25, 0.3) is 66.1 Å².